The molecule has 5 nitrogen and oxygen atoms in total. The third-order valence-corrected chi connectivity index (χ3v) is 2.95. The zero-order valence-corrected chi connectivity index (χ0v) is 12.5. The molecule has 2 aromatic rings. The van der Waals surface area contributed by atoms with Crippen molar-refractivity contribution in [3.63, 3.8) is 0 Å². The fraction of sp³-hybridized carbons (Fsp3) is 0.375. The van der Waals surface area contributed by atoms with Gasteiger partial charge in [0.1, 0.15) is 12.4 Å². The zero-order valence-electron chi connectivity index (χ0n) is 12.5. The first kappa shape index (κ1) is 15.4. The molecule has 0 aliphatic rings. The van der Waals surface area contributed by atoms with Gasteiger partial charge in [-0.15, -0.1) is 0 Å². The number of pyridine rings is 2. The van der Waals surface area contributed by atoms with E-state index in [9.17, 15) is 0 Å². The summed E-state index contributed by atoms with van der Waals surface area (Å²) in [5, 5.41) is 3.29. The highest BCUT2D eigenvalue weighted by Crippen LogP contribution is 2.18. The summed E-state index contributed by atoms with van der Waals surface area (Å²) < 4.78 is 10.9. The van der Waals surface area contributed by atoms with Gasteiger partial charge in [0.2, 0.25) is 0 Å². The van der Waals surface area contributed by atoms with Crippen LogP contribution in [0.25, 0.3) is 0 Å². The monoisotopic (exact) mass is 287 g/mol. The average Bonchev–Trinajstić information content (AvgIpc) is 2.52. The minimum Gasteiger partial charge on any atom is -0.485 e. The van der Waals surface area contributed by atoms with Crippen molar-refractivity contribution in [2.75, 3.05) is 20.3 Å². The topological polar surface area (TPSA) is 56.3 Å². The van der Waals surface area contributed by atoms with Crippen molar-refractivity contribution in [3.8, 4) is 5.75 Å². The molecule has 0 aromatic carbocycles. The summed E-state index contributed by atoms with van der Waals surface area (Å²) in [5.41, 5.74) is 2.78. The maximum Gasteiger partial charge on any atom is 0.142 e. The number of rotatable bonds is 8. The first-order chi connectivity index (χ1) is 10.3. The lowest BCUT2D eigenvalue weighted by molar-refractivity contribution is 0.198. The van der Waals surface area contributed by atoms with E-state index in [1.54, 1.807) is 13.3 Å². The quantitative estimate of drug-likeness (QED) is 0.754. The molecular formula is C16H21N3O2. The summed E-state index contributed by atoms with van der Waals surface area (Å²) in [7, 11) is 1.69. The van der Waals surface area contributed by atoms with Crippen LogP contribution in [0.4, 0.5) is 0 Å². The van der Waals surface area contributed by atoms with E-state index in [4.69, 9.17) is 9.47 Å². The number of aryl methyl sites for hydroxylation is 1. The first-order valence-corrected chi connectivity index (χ1v) is 6.98. The summed E-state index contributed by atoms with van der Waals surface area (Å²) in [6.07, 6.45) is 1.76. The van der Waals surface area contributed by atoms with Crippen molar-refractivity contribution in [3.05, 3.63) is 53.6 Å². The molecule has 0 spiro atoms. The Balaban J connectivity index is 1.97. The van der Waals surface area contributed by atoms with Crippen LogP contribution >= 0.6 is 0 Å². The van der Waals surface area contributed by atoms with Gasteiger partial charge in [0.05, 0.1) is 18.0 Å². The van der Waals surface area contributed by atoms with Crippen LogP contribution in [0.15, 0.2) is 36.5 Å². The van der Waals surface area contributed by atoms with E-state index >= 15 is 0 Å². The van der Waals surface area contributed by atoms with Gasteiger partial charge in [0, 0.05) is 32.1 Å². The minimum absolute atomic E-state index is 0.441. The van der Waals surface area contributed by atoms with Crippen LogP contribution < -0.4 is 10.1 Å². The van der Waals surface area contributed by atoms with Crippen LogP contribution in [0.5, 0.6) is 5.75 Å². The highest BCUT2D eigenvalue weighted by Gasteiger charge is 2.06. The molecule has 0 aliphatic carbocycles. The molecule has 0 fully saturated rings. The number of methoxy groups -OCH3 is 1. The molecule has 0 atom stereocenters. The summed E-state index contributed by atoms with van der Waals surface area (Å²) in [6, 6.07) is 9.69. The summed E-state index contributed by atoms with van der Waals surface area (Å²) in [5.74, 6) is 0.788. The van der Waals surface area contributed by atoms with E-state index < -0.39 is 0 Å². The Morgan fingerprint density at radius 3 is 2.86 bits per heavy atom. The van der Waals surface area contributed by atoms with Gasteiger partial charge in [-0.25, -0.2) is 0 Å². The smallest absolute Gasteiger partial charge is 0.142 e. The van der Waals surface area contributed by atoms with Crippen LogP contribution in [0, 0.1) is 6.92 Å². The molecular weight excluding hydrogens is 266 g/mol. The van der Waals surface area contributed by atoms with E-state index in [2.05, 4.69) is 15.3 Å². The van der Waals surface area contributed by atoms with E-state index in [-0.39, 0.29) is 0 Å². The van der Waals surface area contributed by atoms with Crippen molar-refractivity contribution < 1.29 is 9.47 Å². The second kappa shape index (κ2) is 8.34. The van der Waals surface area contributed by atoms with Crippen LogP contribution in [0.3, 0.4) is 0 Å². The second-order valence-corrected chi connectivity index (χ2v) is 4.68. The van der Waals surface area contributed by atoms with Gasteiger partial charge in [-0.2, -0.15) is 0 Å². The normalized spacial score (nSPS) is 10.6. The third-order valence-electron chi connectivity index (χ3n) is 2.95. The minimum atomic E-state index is 0.441. The number of ether oxygens (including phenoxy) is 2. The Labute approximate surface area is 125 Å². The summed E-state index contributed by atoms with van der Waals surface area (Å²) in [4.78, 5) is 8.78. The Bertz CT molecular complexity index is 546. The van der Waals surface area contributed by atoms with Gasteiger partial charge in [-0.3, -0.25) is 9.97 Å². The fourth-order valence-corrected chi connectivity index (χ4v) is 1.87. The highest BCUT2D eigenvalue weighted by molar-refractivity contribution is 5.29. The van der Waals surface area contributed by atoms with Crippen LogP contribution in [0.2, 0.25) is 0 Å². The number of hydrogen-bond acceptors (Lipinski definition) is 5. The molecule has 5 heteroatoms. The SMILES string of the molecule is COCCNCc1nc(C)ccc1OCc1ccccn1. The average molecular weight is 287 g/mol. The fourth-order valence-electron chi connectivity index (χ4n) is 1.87. The zero-order chi connectivity index (χ0) is 14.9. The van der Waals surface area contributed by atoms with Crippen molar-refractivity contribution >= 4 is 0 Å². The van der Waals surface area contributed by atoms with Crippen LogP contribution in [-0.4, -0.2) is 30.2 Å². The van der Waals surface area contributed by atoms with E-state index in [0.717, 1.165) is 29.4 Å². The van der Waals surface area contributed by atoms with Crippen molar-refractivity contribution in [2.24, 2.45) is 0 Å². The molecule has 112 valence electrons. The van der Waals surface area contributed by atoms with E-state index in [1.807, 2.05) is 37.3 Å². The van der Waals surface area contributed by atoms with Gasteiger partial charge in [0.15, 0.2) is 0 Å². The Morgan fingerprint density at radius 1 is 1.19 bits per heavy atom. The molecule has 0 saturated carbocycles. The Morgan fingerprint density at radius 2 is 2.10 bits per heavy atom. The maximum absolute atomic E-state index is 5.84. The summed E-state index contributed by atoms with van der Waals surface area (Å²) in [6.45, 7) is 4.53. The van der Waals surface area contributed by atoms with Crippen LogP contribution in [-0.2, 0) is 17.9 Å². The summed E-state index contributed by atoms with van der Waals surface area (Å²) >= 11 is 0. The largest absolute Gasteiger partial charge is 0.485 e. The molecule has 2 heterocycles. The molecule has 0 bridgehead atoms. The number of hydrogen-bond donors (Lipinski definition) is 1. The van der Waals surface area contributed by atoms with E-state index in [1.165, 1.54) is 0 Å². The van der Waals surface area contributed by atoms with Gasteiger partial charge in [-0.1, -0.05) is 6.07 Å². The molecule has 0 radical (unpaired) electrons. The highest BCUT2D eigenvalue weighted by atomic mass is 16.5. The predicted molar refractivity (Wildman–Crippen MR) is 81.1 cm³/mol. The molecule has 2 rings (SSSR count). The second-order valence-electron chi connectivity index (χ2n) is 4.68. The first-order valence-electron chi connectivity index (χ1n) is 6.98. The molecule has 1 N–H and O–H groups in total. The number of aromatic nitrogens is 2. The van der Waals surface area contributed by atoms with Gasteiger partial charge < -0.3 is 14.8 Å². The Kier molecular flexibility index (Phi) is 6.12. The van der Waals surface area contributed by atoms with Crippen molar-refractivity contribution in [1.82, 2.24) is 15.3 Å². The Hall–Kier alpha value is -1.98. The number of nitrogens with zero attached hydrogens (tertiary/aromatic N) is 2. The lowest BCUT2D eigenvalue weighted by Gasteiger charge is -2.12. The molecule has 0 aliphatic heterocycles. The lowest BCUT2D eigenvalue weighted by atomic mass is 10.2. The van der Waals surface area contributed by atoms with Crippen molar-refractivity contribution in [1.29, 1.82) is 0 Å². The third kappa shape index (κ3) is 5.13. The van der Waals surface area contributed by atoms with Crippen LogP contribution in [0.1, 0.15) is 17.1 Å². The molecule has 2 aromatic heterocycles. The number of nitrogens with one attached hydrogen (secondary N) is 1. The molecule has 0 saturated heterocycles. The molecule has 21 heavy (non-hydrogen) atoms. The van der Waals surface area contributed by atoms with Crippen molar-refractivity contribution in [2.45, 2.75) is 20.1 Å². The predicted octanol–water partition coefficient (Wildman–Crippen LogP) is 2.10. The van der Waals surface area contributed by atoms with Gasteiger partial charge in [0.25, 0.3) is 0 Å². The lowest BCUT2D eigenvalue weighted by Crippen LogP contribution is -2.20. The molecule has 0 unspecified atom stereocenters. The molecule has 0 amide bonds. The van der Waals surface area contributed by atoms with Gasteiger partial charge >= 0.3 is 0 Å². The van der Waals surface area contributed by atoms with E-state index in [0.29, 0.717) is 19.8 Å². The van der Waals surface area contributed by atoms with Gasteiger partial charge in [-0.05, 0) is 31.2 Å². The standard InChI is InChI=1S/C16H21N3O2/c1-13-6-7-16(15(19-13)11-17-9-10-20-2)21-12-14-5-3-4-8-18-14/h3-8,17H,9-12H2,1-2H3. The maximum atomic E-state index is 5.84.